The lowest BCUT2D eigenvalue weighted by Crippen LogP contribution is -2.31. The third-order valence-electron chi connectivity index (χ3n) is 5.55. The van der Waals surface area contributed by atoms with E-state index >= 15 is 0 Å². The van der Waals surface area contributed by atoms with Gasteiger partial charge in [0.05, 0.1) is 32.9 Å². The van der Waals surface area contributed by atoms with Gasteiger partial charge in [-0.2, -0.15) is 0 Å². The van der Waals surface area contributed by atoms with Crippen molar-refractivity contribution in [3.63, 3.8) is 0 Å². The van der Waals surface area contributed by atoms with E-state index in [4.69, 9.17) is 14.2 Å². The monoisotopic (exact) mass is 385 g/mol. The van der Waals surface area contributed by atoms with Gasteiger partial charge in [-0.1, -0.05) is 30.3 Å². The van der Waals surface area contributed by atoms with E-state index in [1.165, 1.54) is 14.2 Å². The summed E-state index contributed by atoms with van der Waals surface area (Å²) in [5, 5.41) is 13.0. The second-order valence-electron chi connectivity index (χ2n) is 7.03. The zero-order valence-electron chi connectivity index (χ0n) is 16.5. The zero-order valence-corrected chi connectivity index (χ0v) is 16.5. The highest BCUT2D eigenvalue weighted by molar-refractivity contribution is 6.03. The molecule has 1 saturated heterocycles. The lowest BCUT2D eigenvalue weighted by molar-refractivity contribution is 0.0944. The fourth-order valence-electron chi connectivity index (χ4n) is 4.01. The number of benzene rings is 2. The Bertz CT molecular complexity index is 823. The SMILES string of the molecule is COc1cc(OC)c(C(=O)C2CC(CCO)(c3ccccc3)CN2)cc1OC. The van der Waals surface area contributed by atoms with E-state index in [1.807, 2.05) is 18.2 Å². The standard InChI is InChI=1S/C22H27NO5/c1-26-18-12-20(28-3)19(27-2)11-16(18)21(25)17-13-22(9-10-24,14-23-17)15-7-5-4-6-8-15/h4-8,11-12,17,23-24H,9-10,13-14H2,1-3H3. The van der Waals surface area contributed by atoms with E-state index in [9.17, 15) is 9.90 Å². The van der Waals surface area contributed by atoms with Crippen LogP contribution in [0, 0.1) is 0 Å². The van der Waals surface area contributed by atoms with Gasteiger partial charge in [-0.3, -0.25) is 4.79 Å². The van der Waals surface area contributed by atoms with Gasteiger partial charge in [0.25, 0.3) is 0 Å². The second-order valence-corrected chi connectivity index (χ2v) is 7.03. The molecule has 150 valence electrons. The lowest BCUT2D eigenvalue weighted by atomic mass is 9.75. The summed E-state index contributed by atoms with van der Waals surface area (Å²) in [6.07, 6.45) is 1.20. The number of rotatable bonds is 8. The molecule has 2 atom stereocenters. The molecule has 2 N–H and O–H groups in total. The van der Waals surface area contributed by atoms with Gasteiger partial charge in [-0.25, -0.2) is 0 Å². The van der Waals surface area contributed by atoms with Crippen LogP contribution in [0.2, 0.25) is 0 Å². The number of aliphatic hydroxyl groups excluding tert-OH is 1. The van der Waals surface area contributed by atoms with E-state index in [-0.39, 0.29) is 23.8 Å². The number of ketones is 1. The molecule has 2 aromatic rings. The smallest absolute Gasteiger partial charge is 0.183 e. The van der Waals surface area contributed by atoms with E-state index in [0.717, 1.165) is 5.56 Å². The molecule has 6 nitrogen and oxygen atoms in total. The number of carbonyl (C=O) groups excluding carboxylic acids is 1. The van der Waals surface area contributed by atoms with E-state index in [2.05, 4.69) is 17.4 Å². The van der Waals surface area contributed by atoms with Crippen molar-refractivity contribution >= 4 is 5.78 Å². The Morgan fingerprint density at radius 3 is 2.32 bits per heavy atom. The van der Waals surface area contributed by atoms with Gasteiger partial charge in [-0.15, -0.1) is 0 Å². The fourth-order valence-corrected chi connectivity index (χ4v) is 4.01. The molecule has 0 saturated carbocycles. The number of Topliss-reactive ketones (excluding diaryl/α,β-unsaturated/α-hetero) is 1. The first-order valence-electron chi connectivity index (χ1n) is 9.32. The zero-order chi connectivity index (χ0) is 20.1. The summed E-state index contributed by atoms with van der Waals surface area (Å²) in [6.45, 7) is 0.695. The third-order valence-corrected chi connectivity index (χ3v) is 5.55. The lowest BCUT2D eigenvalue weighted by Gasteiger charge is -2.28. The average Bonchev–Trinajstić information content (AvgIpc) is 3.18. The largest absolute Gasteiger partial charge is 0.496 e. The first-order chi connectivity index (χ1) is 13.6. The molecule has 0 spiro atoms. The van der Waals surface area contributed by atoms with Gasteiger partial charge >= 0.3 is 0 Å². The molecule has 1 aliphatic heterocycles. The topological polar surface area (TPSA) is 77.0 Å². The minimum Gasteiger partial charge on any atom is -0.496 e. The number of aliphatic hydroxyl groups is 1. The van der Waals surface area contributed by atoms with Gasteiger partial charge < -0.3 is 24.6 Å². The molecule has 28 heavy (non-hydrogen) atoms. The van der Waals surface area contributed by atoms with Crippen LogP contribution < -0.4 is 19.5 Å². The van der Waals surface area contributed by atoms with Crippen LogP contribution in [-0.2, 0) is 5.41 Å². The van der Waals surface area contributed by atoms with Crippen LogP contribution in [0.5, 0.6) is 17.2 Å². The van der Waals surface area contributed by atoms with Crippen LogP contribution in [0.4, 0.5) is 0 Å². The number of hydrogen-bond acceptors (Lipinski definition) is 6. The molecule has 1 heterocycles. The molecule has 0 aromatic heterocycles. The van der Waals surface area contributed by atoms with Crippen molar-refractivity contribution in [2.24, 2.45) is 0 Å². The second kappa shape index (κ2) is 8.63. The maximum Gasteiger partial charge on any atom is 0.183 e. The van der Waals surface area contributed by atoms with E-state index in [1.54, 1.807) is 19.2 Å². The molecule has 0 bridgehead atoms. The van der Waals surface area contributed by atoms with E-state index in [0.29, 0.717) is 42.2 Å². The summed E-state index contributed by atoms with van der Waals surface area (Å²) in [7, 11) is 4.61. The summed E-state index contributed by atoms with van der Waals surface area (Å²) in [4.78, 5) is 13.3. The Hall–Kier alpha value is -2.57. The summed E-state index contributed by atoms with van der Waals surface area (Å²) < 4.78 is 16.1. The molecular formula is C22H27NO5. The quantitative estimate of drug-likeness (QED) is 0.680. The first-order valence-corrected chi connectivity index (χ1v) is 9.32. The van der Waals surface area contributed by atoms with Crippen LogP contribution >= 0.6 is 0 Å². The molecule has 2 unspecified atom stereocenters. The molecule has 3 rings (SSSR count). The van der Waals surface area contributed by atoms with Gasteiger partial charge in [-0.05, 0) is 24.5 Å². The fraction of sp³-hybridized carbons (Fsp3) is 0.409. The van der Waals surface area contributed by atoms with E-state index < -0.39 is 0 Å². The summed E-state index contributed by atoms with van der Waals surface area (Å²) in [6, 6.07) is 13.0. The first kappa shape index (κ1) is 20.2. The maximum atomic E-state index is 13.3. The maximum absolute atomic E-state index is 13.3. The highest BCUT2D eigenvalue weighted by atomic mass is 16.5. The van der Waals surface area contributed by atoms with Crippen molar-refractivity contribution < 1.29 is 24.1 Å². The van der Waals surface area contributed by atoms with Gasteiger partial charge in [0.2, 0.25) is 0 Å². The minimum atomic E-state index is -0.376. The highest BCUT2D eigenvalue weighted by Crippen LogP contribution is 2.40. The van der Waals surface area contributed by atoms with Gasteiger partial charge in [0, 0.05) is 24.6 Å². The Labute approximate surface area is 165 Å². The van der Waals surface area contributed by atoms with Crippen molar-refractivity contribution in [2.75, 3.05) is 34.5 Å². The number of hydrogen-bond donors (Lipinski definition) is 2. The van der Waals surface area contributed by atoms with Crippen LogP contribution in [0.3, 0.4) is 0 Å². The third kappa shape index (κ3) is 3.70. The number of carbonyl (C=O) groups is 1. The van der Waals surface area contributed by atoms with Crippen molar-refractivity contribution in [1.29, 1.82) is 0 Å². The Morgan fingerprint density at radius 2 is 1.71 bits per heavy atom. The molecule has 2 aromatic carbocycles. The highest BCUT2D eigenvalue weighted by Gasteiger charge is 2.43. The van der Waals surface area contributed by atoms with Crippen molar-refractivity contribution in [2.45, 2.75) is 24.3 Å². The summed E-state index contributed by atoms with van der Waals surface area (Å²) in [5.74, 6) is 1.38. The predicted molar refractivity (Wildman–Crippen MR) is 107 cm³/mol. The molecule has 0 amide bonds. The molecule has 1 fully saturated rings. The van der Waals surface area contributed by atoms with Gasteiger partial charge in [0.15, 0.2) is 17.3 Å². The Morgan fingerprint density at radius 1 is 1.07 bits per heavy atom. The Kier molecular flexibility index (Phi) is 6.21. The van der Waals surface area contributed by atoms with Crippen LogP contribution in [0.25, 0.3) is 0 Å². The number of methoxy groups -OCH3 is 3. The molecular weight excluding hydrogens is 358 g/mol. The van der Waals surface area contributed by atoms with Crippen LogP contribution in [-0.4, -0.2) is 51.4 Å². The van der Waals surface area contributed by atoms with Crippen molar-refractivity contribution in [3.05, 3.63) is 53.6 Å². The summed E-state index contributed by atoms with van der Waals surface area (Å²) >= 11 is 0. The predicted octanol–water partition coefficient (Wildman–Crippen LogP) is 2.58. The molecule has 6 heteroatoms. The number of ether oxygens (including phenoxy) is 3. The van der Waals surface area contributed by atoms with Gasteiger partial charge in [0.1, 0.15) is 5.75 Å². The van der Waals surface area contributed by atoms with Crippen molar-refractivity contribution in [3.8, 4) is 17.2 Å². The number of nitrogens with one attached hydrogen (secondary N) is 1. The Balaban J connectivity index is 1.92. The summed E-state index contributed by atoms with van der Waals surface area (Å²) in [5.41, 5.74) is 1.30. The van der Waals surface area contributed by atoms with Crippen LogP contribution in [0.15, 0.2) is 42.5 Å². The molecule has 1 aliphatic rings. The average molecular weight is 385 g/mol. The molecule has 0 radical (unpaired) electrons. The molecule has 0 aliphatic carbocycles. The van der Waals surface area contributed by atoms with Crippen molar-refractivity contribution in [1.82, 2.24) is 5.32 Å². The normalized spacial score (nSPS) is 21.4. The van der Waals surface area contributed by atoms with Crippen LogP contribution in [0.1, 0.15) is 28.8 Å². The minimum absolute atomic E-state index is 0.0615.